The molecule has 0 N–H and O–H groups in total. The van der Waals surface area contributed by atoms with E-state index in [2.05, 4.69) is 0 Å². The SMILES string of the molecule is CCOC(=O)c1ccccc1S(=O)(=O)C(C)C. The molecule has 0 aliphatic carbocycles. The zero-order valence-corrected chi connectivity index (χ0v) is 11.0. The molecule has 0 aliphatic rings. The third kappa shape index (κ3) is 2.85. The maximum Gasteiger partial charge on any atom is 0.339 e. The molecule has 0 spiro atoms. The van der Waals surface area contributed by atoms with Gasteiger partial charge in [0.05, 0.1) is 22.3 Å². The van der Waals surface area contributed by atoms with Gasteiger partial charge in [-0.15, -0.1) is 0 Å². The molecule has 0 saturated heterocycles. The molecule has 0 radical (unpaired) electrons. The molecule has 0 heterocycles. The monoisotopic (exact) mass is 256 g/mol. The van der Waals surface area contributed by atoms with Crippen LogP contribution in [0.2, 0.25) is 0 Å². The van der Waals surface area contributed by atoms with Gasteiger partial charge in [0.15, 0.2) is 9.84 Å². The second-order valence-corrected chi connectivity index (χ2v) is 6.28. The van der Waals surface area contributed by atoms with E-state index >= 15 is 0 Å². The topological polar surface area (TPSA) is 60.4 Å². The molecular weight excluding hydrogens is 240 g/mol. The van der Waals surface area contributed by atoms with E-state index in [1.54, 1.807) is 32.9 Å². The highest BCUT2D eigenvalue weighted by molar-refractivity contribution is 7.92. The summed E-state index contributed by atoms with van der Waals surface area (Å²) in [4.78, 5) is 11.7. The minimum Gasteiger partial charge on any atom is -0.462 e. The maximum absolute atomic E-state index is 12.1. The van der Waals surface area contributed by atoms with E-state index < -0.39 is 21.1 Å². The van der Waals surface area contributed by atoms with Crippen molar-refractivity contribution in [2.24, 2.45) is 0 Å². The summed E-state index contributed by atoms with van der Waals surface area (Å²) in [6.07, 6.45) is 0. The van der Waals surface area contributed by atoms with Crippen molar-refractivity contribution < 1.29 is 17.9 Å². The molecule has 17 heavy (non-hydrogen) atoms. The zero-order chi connectivity index (χ0) is 13.1. The lowest BCUT2D eigenvalue weighted by Gasteiger charge is -2.11. The Bertz CT molecular complexity index is 503. The molecule has 1 aromatic rings. The molecule has 0 aromatic heterocycles. The van der Waals surface area contributed by atoms with Crippen LogP contribution in [0.1, 0.15) is 31.1 Å². The standard InChI is InChI=1S/C12H16O4S/c1-4-16-12(13)10-7-5-6-8-11(10)17(14,15)9(2)3/h5-9H,4H2,1-3H3. The van der Waals surface area contributed by atoms with E-state index in [1.807, 2.05) is 0 Å². The summed E-state index contributed by atoms with van der Waals surface area (Å²) in [5.74, 6) is -0.604. The van der Waals surface area contributed by atoms with E-state index in [9.17, 15) is 13.2 Å². The lowest BCUT2D eigenvalue weighted by atomic mass is 10.2. The molecule has 0 saturated carbocycles. The van der Waals surface area contributed by atoms with Gasteiger partial charge in [-0.05, 0) is 32.9 Å². The number of benzene rings is 1. The average Bonchev–Trinajstić information content (AvgIpc) is 2.29. The molecule has 5 heteroatoms. The van der Waals surface area contributed by atoms with Gasteiger partial charge in [0.2, 0.25) is 0 Å². The first-order valence-electron chi connectivity index (χ1n) is 5.41. The van der Waals surface area contributed by atoms with Crippen LogP contribution in [0.15, 0.2) is 29.2 Å². The summed E-state index contributed by atoms with van der Waals surface area (Å²) in [5, 5.41) is -0.571. The lowest BCUT2D eigenvalue weighted by Crippen LogP contribution is -2.18. The molecule has 0 fully saturated rings. The Labute approximate surface area is 102 Å². The van der Waals surface area contributed by atoms with Crippen LogP contribution in [0.25, 0.3) is 0 Å². The predicted molar refractivity (Wildman–Crippen MR) is 64.7 cm³/mol. The lowest BCUT2D eigenvalue weighted by molar-refractivity contribution is 0.0522. The van der Waals surface area contributed by atoms with Gasteiger partial charge in [-0.3, -0.25) is 0 Å². The number of rotatable bonds is 4. The van der Waals surface area contributed by atoms with Gasteiger partial charge >= 0.3 is 5.97 Å². The Morgan fingerprint density at radius 3 is 2.41 bits per heavy atom. The Morgan fingerprint density at radius 1 is 1.29 bits per heavy atom. The van der Waals surface area contributed by atoms with Crippen LogP contribution in [0, 0.1) is 0 Å². The number of ether oxygens (including phenoxy) is 1. The average molecular weight is 256 g/mol. The van der Waals surface area contributed by atoms with Gasteiger partial charge in [-0.2, -0.15) is 0 Å². The van der Waals surface area contributed by atoms with Crippen LogP contribution in [-0.2, 0) is 14.6 Å². The fourth-order valence-electron chi connectivity index (χ4n) is 1.35. The zero-order valence-electron chi connectivity index (χ0n) is 10.1. The molecule has 1 rings (SSSR count). The Hall–Kier alpha value is -1.36. The minimum atomic E-state index is -3.47. The van der Waals surface area contributed by atoms with Crippen molar-refractivity contribution in [2.75, 3.05) is 6.61 Å². The van der Waals surface area contributed by atoms with Gasteiger partial charge in [-0.25, -0.2) is 13.2 Å². The van der Waals surface area contributed by atoms with Crippen molar-refractivity contribution in [1.29, 1.82) is 0 Å². The van der Waals surface area contributed by atoms with Crippen LogP contribution < -0.4 is 0 Å². The Morgan fingerprint density at radius 2 is 1.88 bits per heavy atom. The fraction of sp³-hybridized carbons (Fsp3) is 0.417. The predicted octanol–water partition coefficient (Wildman–Crippen LogP) is 2.05. The summed E-state index contributed by atoms with van der Waals surface area (Å²) in [6.45, 7) is 5.06. The highest BCUT2D eigenvalue weighted by atomic mass is 32.2. The largest absolute Gasteiger partial charge is 0.462 e. The highest BCUT2D eigenvalue weighted by Gasteiger charge is 2.25. The van der Waals surface area contributed by atoms with Crippen LogP contribution in [0.5, 0.6) is 0 Å². The molecule has 0 atom stereocenters. The summed E-state index contributed by atoms with van der Waals surface area (Å²) in [7, 11) is -3.47. The molecular formula is C12H16O4S. The van der Waals surface area contributed by atoms with Crippen molar-refractivity contribution in [3.63, 3.8) is 0 Å². The van der Waals surface area contributed by atoms with Crippen molar-refractivity contribution in [3.05, 3.63) is 29.8 Å². The maximum atomic E-state index is 12.1. The first kappa shape index (κ1) is 13.7. The second kappa shape index (κ2) is 5.31. The first-order chi connectivity index (χ1) is 7.91. The summed E-state index contributed by atoms with van der Waals surface area (Å²) in [6, 6.07) is 6.11. The van der Waals surface area contributed by atoms with Gasteiger partial charge in [0, 0.05) is 0 Å². The number of carbonyl (C=O) groups is 1. The number of hydrogen-bond donors (Lipinski definition) is 0. The van der Waals surface area contributed by atoms with Crippen molar-refractivity contribution >= 4 is 15.8 Å². The summed E-state index contributed by atoms with van der Waals surface area (Å²) in [5.41, 5.74) is 0.100. The van der Waals surface area contributed by atoms with E-state index in [-0.39, 0.29) is 17.1 Å². The van der Waals surface area contributed by atoms with Gasteiger partial charge in [-0.1, -0.05) is 12.1 Å². The first-order valence-corrected chi connectivity index (χ1v) is 6.96. The van der Waals surface area contributed by atoms with Gasteiger partial charge in [0.1, 0.15) is 0 Å². The van der Waals surface area contributed by atoms with Crippen molar-refractivity contribution in [3.8, 4) is 0 Å². The minimum absolute atomic E-state index is 0.0356. The van der Waals surface area contributed by atoms with E-state index in [1.165, 1.54) is 12.1 Å². The third-order valence-electron chi connectivity index (χ3n) is 2.31. The van der Waals surface area contributed by atoms with Gasteiger partial charge in [0.25, 0.3) is 0 Å². The third-order valence-corrected chi connectivity index (χ3v) is 4.52. The Balaban J connectivity index is 3.31. The van der Waals surface area contributed by atoms with E-state index in [0.29, 0.717) is 0 Å². The summed E-state index contributed by atoms with van der Waals surface area (Å²) >= 11 is 0. The quantitative estimate of drug-likeness (QED) is 0.773. The molecule has 0 aliphatic heterocycles. The number of hydrogen-bond acceptors (Lipinski definition) is 4. The smallest absolute Gasteiger partial charge is 0.339 e. The van der Waals surface area contributed by atoms with E-state index in [0.717, 1.165) is 0 Å². The molecule has 94 valence electrons. The van der Waals surface area contributed by atoms with Gasteiger partial charge < -0.3 is 4.74 Å². The van der Waals surface area contributed by atoms with Crippen molar-refractivity contribution in [2.45, 2.75) is 30.9 Å². The van der Waals surface area contributed by atoms with Crippen LogP contribution in [0.4, 0.5) is 0 Å². The number of sulfone groups is 1. The second-order valence-electron chi connectivity index (χ2n) is 3.81. The molecule has 4 nitrogen and oxygen atoms in total. The Kier molecular flexibility index (Phi) is 4.28. The molecule has 0 amide bonds. The molecule has 1 aromatic carbocycles. The highest BCUT2D eigenvalue weighted by Crippen LogP contribution is 2.21. The normalized spacial score (nSPS) is 11.5. The summed E-state index contributed by atoms with van der Waals surface area (Å²) < 4.78 is 28.9. The number of esters is 1. The van der Waals surface area contributed by atoms with Crippen LogP contribution >= 0.6 is 0 Å². The van der Waals surface area contributed by atoms with E-state index in [4.69, 9.17) is 4.74 Å². The molecule has 0 bridgehead atoms. The van der Waals surface area contributed by atoms with Crippen LogP contribution in [0.3, 0.4) is 0 Å². The number of carbonyl (C=O) groups excluding carboxylic acids is 1. The van der Waals surface area contributed by atoms with Crippen LogP contribution in [-0.4, -0.2) is 26.2 Å². The molecule has 0 unspecified atom stereocenters. The van der Waals surface area contributed by atoms with Crippen molar-refractivity contribution in [1.82, 2.24) is 0 Å². The fourth-order valence-corrected chi connectivity index (χ4v) is 2.58.